The predicted molar refractivity (Wildman–Crippen MR) is 130 cm³/mol. The normalized spacial score (nSPS) is 17.9. The number of alkyl carbamates (subject to hydrolysis) is 1. The Labute approximate surface area is 206 Å². The van der Waals surface area contributed by atoms with Crippen LogP contribution in [-0.2, 0) is 25.9 Å². The topological polar surface area (TPSA) is 125 Å². The zero-order valence-electron chi connectivity index (χ0n) is 20.0. The second kappa shape index (κ2) is 12.3. The monoisotopic (exact) mass is 506 g/mol. The van der Waals surface area contributed by atoms with Crippen LogP contribution in [0, 0.1) is 5.92 Å². The number of benzene rings is 2. The summed E-state index contributed by atoms with van der Waals surface area (Å²) in [5.74, 6) is -0.0559. The van der Waals surface area contributed by atoms with Crippen LogP contribution < -0.4 is 5.32 Å². The van der Waals surface area contributed by atoms with Gasteiger partial charge < -0.3 is 25.0 Å². The lowest BCUT2D eigenvalue weighted by Crippen LogP contribution is -2.51. The van der Waals surface area contributed by atoms with Crippen LogP contribution in [0.3, 0.4) is 0 Å². The van der Waals surface area contributed by atoms with Gasteiger partial charge in [0.15, 0.2) is 0 Å². The number of amides is 1. The highest BCUT2D eigenvalue weighted by molar-refractivity contribution is 7.89. The molecule has 1 aliphatic rings. The highest BCUT2D eigenvalue weighted by Gasteiger charge is 2.32. The lowest BCUT2D eigenvalue weighted by Gasteiger charge is -2.30. The SMILES string of the molecule is CC(C)CN(C[C@@H](O)[C@H](Cc1ccccc1)NC(=O)O[C@H]1CCOC1)S(=O)(=O)c1ccc(O)cc1. The van der Waals surface area contributed by atoms with E-state index in [2.05, 4.69) is 5.32 Å². The van der Waals surface area contributed by atoms with Crippen molar-refractivity contribution in [2.45, 2.75) is 49.8 Å². The molecule has 35 heavy (non-hydrogen) atoms. The number of aliphatic hydroxyl groups excluding tert-OH is 1. The lowest BCUT2D eigenvalue weighted by molar-refractivity contribution is 0.0644. The molecular formula is C25H34N2O7S. The fourth-order valence-electron chi connectivity index (χ4n) is 3.88. The number of hydrogen-bond donors (Lipinski definition) is 3. The number of ether oxygens (including phenoxy) is 2. The van der Waals surface area contributed by atoms with E-state index in [0.717, 1.165) is 5.56 Å². The first-order valence-corrected chi connectivity index (χ1v) is 13.1. The number of aromatic hydroxyl groups is 1. The summed E-state index contributed by atoms with van der Waals surface area (Å²) in [6, 6.07) is 13.8. The molecule has 0 aliphatic carbocycles. The van der Waals surface area contributed by atoms with Crippen LogP contribution in [-0.4, -0.2) is 73.6 Å². The van der Waals surface area contributed by atoms with Gasteiger partial charge in [0.25, 0.3) is 0 Å². The molecule has 2 aromatic rings. The van der Waals surface area contributed by atoms with Crippen molar-refractivity contribution in [1.29, 1.82) is 0 Å². The van der Waals surface area contributed by atoms with Crippen molar-refractivity contribution in [3.63, 3.8) is 0 Å². The molecular weight excluding hydrogens is 472 g/mol. The summed E-state index contributed by atoms with van der Waals surface area (Å²) in [5, 5.41) is 23.4. The average molecular weight is 507 g/mol. The van der Waals surface area contributed by atoms with Gasteiger partial charge in [-0.1, -0.05) is 44.2 Å². The number of nitrogens with zero attached hydrogens (tertiary/aromatic N) is 1. The van der Waals surface area contributed by atoms with Gasteiger partial charge in [-0.25, -0.2) is 13.2 Å². The summed E-state index contributed by atoms with van der Waals surface area (Å²) in [6.07, 6.45) is -1.36. The van der Waals surface area contributed by atoms with Crippen molar-refractivity contribution < 1.29 is 32.9 Å². The molecule has 0 unspecified atom stereocenters. The Morgan fingerprint density at radius 3 is 2.43 bits per heavy atom. The van der Waals surface area contributed by atoms with Gasteiger partial charge >= 0.3 is 6.09 Å². The smallest absolute Gasteiger partial charge is 0.407 e. The third-order valence-corrected chi connectivity index (χ3v) is 7.51. The molecule has 192 valence electrons. The summed E-state index contributed by atoms with van der Waals surface area (Å²) in [5.41, 5.74) is 0.873. The first kappa shape index (κ1) is 26.9. The van der Waals surface area contributed by atoms with Crippen LogP contribution in [0.15, 0.2) is 59.5 Å². The fraction of sp³-hybridized carbons (Fsp3) is 0.480. The van der Waals surface area contributed by atoms with Crippen LogP contribution in [0.5, 0.6) is 5.75 Å². The van der Waals surface area contributed by atoms with E-state index < -0.39 is 28.3 Å². The minimum absolute atomic E-state index is 0.0105. The number of carbonyl (C=O) groups is 1. The first-order valence-electron chi connectivity index (χ1n) is 11.7. The molecule has 0 bridgehead atoms. The van der Waals surface area contributed by atoms with E-state index in [0.29, 0.717) is 19.6 Å². The molecule has 9 nitrogen and oxygen atoms in total. The Bertz CT molecular complexity index is 1040. The van der Waals surface area contributed by atoms with E-state index in [1.807, 2.05) is 44.2 Å². The van der Waals surface area contributed by atoms with Crippen LogP contribution in [0.2, 0.25) is 0 Å². The van der Waals surface area contributed by atoms with Gasteiger partial charge in [0.05, 0.1) is 30.3 Å². The van der Waals surface area contributed by atoms with Crippen LogP contribution in [0.1, 0.15) is 25.8 Å². The number of phenolic OH excluding ortho intramolecular Hbond substituents is 1. The van der Waals surface area contributed by atoms with E-state index >= 15 is 0 Å². The van der Waals surface area contributed by atoms with Crippen molar-refractivity contribution in [2.75, 3.05) is 26.3 Å². The molecule has 1 fully saturated rings. The fourth-order valence-corrected chi connectivity index (χ4v) is 5.50. The zero-order chi connectivity index (χ0) is 25.4. The molecule has 1 amide bonds. The quantitative estimate of drug-likeness (QED) is 0.428. The van der Waals surface area contributed by atoms with E-state index in [-0.39, 0.29) is 42.2 Å². The van der Waals surface area contributed by atoms with E-state index in [4.69, 9.17) is 9.47 Å². The van der Waals surface area contributed by atoms with Crippen molar-refractivity contribution in [1.82, 2.24) is 9.62 Å². The van der Waals surface area contributed by atoms with E-state index in [1.54, 1.807) is 0 Å². The van der Waals surface area contributed by atoms with E-state index in [9.17, 15) is 23.4 Å². The number of nitrogens with one attached hydrogen (secondary N) is 1. The molecule has 2 aromatic carbocycles. The second-order valence-electron chi connectivity index (χ2n) is 9.11. The van der Waals surface area contributed by atoms with Gasteiger partial charge in [-0.2, -0.15) is 4.31 Å². The van der Waals surface area contributed by atoms with Crippen molar-refractivity contribution >= 4 is 16.1 Å². The van der Waals surface area contributed by atoms with Gasteiger partial charge in [0.1, 0.15) is 11.9 Å². The minimum Gasteiger partial charge on any atom is -0.508 e. The number of phenols is 1. The largest absolute Gasteiger partial charge is 0.508 e. The summed E-state index contributed by atoms with van der Waals surface area (Å²) in [4.78, 5) is 12.6. The highest BCUT2D eigenvalue weighted by atomic mass is 32.2. The molecule has 3 N–H and O–H groups in total. The van der Waals surface area contributed by atoms with Crippen LogP contribution in [0.4, 0.5) is 4.79 Å². The van der Waals surface area contributed by atoms with Crippen molar-refractivity contribution in [3.05, 3.63) is 60.2 Å². The molecule has 3 atom stereocenters. The van der Waals surface area contributed by atoms with Gasteiger partial charge in [0.2, 0.25) is 10.0 Å². The maximum absolute atomic E-state index is 13.4. The molecule has 1 saturated heterocycles. The maximum Gasteiger partial charge on any atom is 0.407 e. The van der Waals surface area contributed by atoms with Gasteiger partial charge in [-0.3, -0.25) is 0 Å². The minimum atomic E-state index is -3.96. The summed E-state index contributed by atoms with van der Waals surface area (Å²) in [6.45, 7) is 4.55. The van der Waals surface area contributed by atoms with Crippen LogP contribution >= 0.6 is 0 Å². The maximum atomic E-state index is 13.4. The molecule has 0 radical (unpaired) electrons. The summed E-state index contributed by atoms with van der Waals surface area (Å²) in [7, 11) is -3.96. The van der Waals surface area contributed by atoms with Crippen molar-refractivity contribution in [3.8, 4) is 5.75 Å². The Hall–Kier alpha value is -2.66. The van der Waals surface area contributed by atoms with Gasteiger partial charge in [0, 0.05) is 19.5 Å². The highest BCUT2D eigenvalue weighted by Crippen LogP contribution is 2.21. The molecule has 10 heteroatoms. The molecule has 0 aromatic heterocycles. The lowest BCUT2D eigenvalue weighted by atomic mass is 10.0. The Balaban J connectivity index is 1.80. The molecule has 0 saturated carbocycles. The summed E-state index contributed by atoms with van der Waals surface area (Å²) >= 11 is 0. The molecule has 3 rings (SSSR count). The third-order valence-electron chi connectivity index (χ3n) is 5.66. The third kappa shape index (κ3) is 7.93. The number of aliphatic hydroxyl groups is 1. The van der Waals surface area contributed by atoms with Crippen LogP contribution in [0.25, 0.3) is 0 Å². The molecule has 1 aliphatic heterocycles. The number of hydrogen-bond acceptors (Lipinski definition) is 7. The second-order valence-corrected chi connectivity index (χ2v) is 11.0. The average Bonchev–Trinajstić information content (AvgIpc) is 3.31. The standard InChI is InChI=1S/C25H34N2O7S/c1-18(2)15-27(35(31,32)22-10-8-20(28)9-11-22)16-24(29)23(14-19-6-4-3-5-7-19)26-25(30)34-21-12-13-33-17-21/h3-11,18,21,23-24,28-29H,12-17H2,1-2H3,(H,26,30)/t21-,23-,24+/m0/s1. The predicted octanol–water partition coefficient (Wildman–Crippen LogP) is 2.53. The Kier molecular flexibility index (Phi) is 9.50. The van der Waals surface area contributed by atoms with Crippen molar-refractivity contribution in [2.24, 2.45) is 5.92 Å². The zero-order valence-corrected chi connectivity index (χ0v) is 20.9. The van der Waals surface area contributed by atoms with Gasteiger partial charge in [-0.05, 0) is 42.2 Å². The number of rotatable bonds is 11. The first-order chi connectivity index (χ1) is 16.6. The summed E-state index contributed by atoms with van der Waals surface area (Å²) < 4.78 is 38.6. The number of sulfonamides is 1. The molecule has 1 heterocycles. The molecule has 0 spiro atoms. The van der Waals surface area contributed by atoms with Gasteiger partial charge in [-0.15, -0.1) is 0 Å². The Morgan fingerprint density at radius 2 is 1.83 bits per heavy atom. The number of carbonyl (C=O) groups excluding carboxylic acids is 1. The van der Waals surface area contributed by atoms with E-state index in [1.165, 1.54) is 28.6 Å². The Morgan fingerprint density at radius 1 is 1.14 bits per heavy atom.